The van der Waals surface area contributed by atoms with Crippen LogP contribution >= 0.6 is 0 Å². The van der Waals surface area contributed by atoms with Crippen LogP contribution in [0.2, 0.25) is 0 Å². The highest BCUT2D eigenvalue weighted by Crippen LogP contribution is 2.28. The average molecular weight is 228 g/mol. The van der Waals surface area contributed by atoms with Crippen LogP contribution in [0.3, 0.4) is 0 Å². The smallest absolute Gasteiger partial charge is 0.145 e. The highest BCUT2D eigenvalue weighted by atomic mass is 16.5. The fourth-order valence-corrected chi connectivity index (χ4v) is 2.43. The van der Waals surface area contributed by atoms with E-state index in [2.05, 4.69) is 17.1 Å². The van der Waals surface area contributed by atoms with E-state index in [0.29, 0.717) is 6.04 Å². The van der Waals surface area contributed by atoms with Crippen LogP contribution in [0.15, 0.2) is 36.5 Å². The predicted molar refractivity (Wildman–Crippen MR) is 68.0 cm³/mol. The molecule has 3 heteroatoms. The van der Waals surface area contributed by atoms with Gasteiger partial charge in [-0.25, -0.2) is 0 Å². The normalized spacial score (nSPS) is 24.1. The topological polar surface area (TPSA) is 48.1 Å². The standard InChI is InChI=1S/C14H16N2O/c15-11-6-7-12(9-11)17-13-5-1-3-10-4-2-8-16-14(10)13/h1-5,8,11-12H,6-7,9,15H2. The molecule has 2 atom stereocenters. The Balaban J connectivity index is 1.90. The number of pyridine rings is 1. The van der Waals surface area contributed by atoms with Crippen molar-refractivity contribution in [2.75, 3.05) is 0 Å². The number of aromatic nitrogens is 1. The van der Waals surface area contributed by atoms with E-state index in [1.807, 2.05) is 18.2 Å². The average Bonchev–Trinajstić information content (AvgIpc) is 2.75. The summed E-state index contributed by atoms with van der Waals surface area (Å²) in [5, 5.41) is 1.12. The summed E-state index contributed by atoms with van der Waals surface area (Å²) in [6.07, 6.45) is 5.10. The third kappa shape index (κ3) is 2.11. The molecule has 17 heavy (non-hydrogen) atoms. The molecule has 1 aromatic carbocycles. The molecule has 0 amide bonds. The van der Waals surface area contributed by atoms with Gasteiger partial charge in [0.25, 0.3) is 0 Å². The maximum atomic E-state index is 6.02. The Morgan fingerprint density at radius 3 is 2.88 bits per heavy atom. The second-order valence-electron chi connectivity index (χ2n) is 4.64. The van der Waals surface area contributed by atoms with Crippen molar-refractivity contribution in [3.8, 4) is 5.75 Å². The molecule has 1 aliphatic rings. The van der Waals surface area contributed by atoms with Crippen LogP contribution in [0, 0.1) is 0 Å². The van der Waals surface area contributed by atoms with Crippen LogP contribution in [-0.4, -0.2) is 17.1 Å². The largest absolute Gasteiger partial charge is 0.488 e. The molecular formula is C14H16N2O. The van der Waals surface area contributed by atoms with Crippen molar-refractivity contribution >= 4 is 10.9 Å². The molecule has 2 aromatic rings. The maximum Gasteiger partial charge on any atom is 0.145 e. The van der Waals surface area contributed by atoms with Crippen LogP contribution < -0.4 is 10.5 Å². The third-order valence-corrected chi connectivity index (χ3v) is 3.31. The van der Waals surface area contributed by atoms with Gasteiger partial charge in [0.1, 0.15) is 17.4 Å². The number of hydrogen-bond donors (Lipinski definition) is 1. The van der Waals surface area contributed by atoms with Gasteiger partial charge < -0.3 is 10.5 Å². The minimum atomic E-state index is 0.248. The molecule has 0 spiro atoms. The summed E-state index contributed by atoms with van der Waals surface area (Å²) in [5.74, 6) is 0.877. The van der Waals surface area contributed by atoms with Gasteiger partial charge in [-0.1, -0.05) is 18.2 Å². The van der Waals surface area contributed by atoms with Crippen LogP contribution in [0.4, 0.5) is 0 Å². The van der Waals surface area contributed by atoms with Gasteiger partial charge in [0.05, 0.1) is 0 Å². The number of fused-ring (bicyclic) bond motifs is 1. The maximum absolute atomic E-state index is 6.02. The summed E-state index contributed by atoms with van der Waals surface area (Å²) in [7, 11) is 0. The molecule has 1 aliphatic carbocycles. The zero-order valence-electron chi connectivity index (χ0n) is 9.67. The van der Waals surface area contributed by atoms with Crippen LogP contribution in [0.1, 0.15) is 19.3 Å². The zero-order valence-corrected chi connectivity index (χ0v) is 9.67. The first-order valence-electron chi connectivity index (χ1n) is 6.09. The fourth-order valence-electron chi connectivity index (χ4n) is 2.43. The second kappa shape index (κ2) is 4.34. The summed E-state index contributed by atoms with van der Waals surface area (Å²) >= 11 is 0. The molecule has 1 saturated carbocycles. The Bertz CT molecular complexity index is 521. The lowest BCUT2D eigenvalue weighted by atomic mass is 10.2. The van der Waals surface area contributed by atoms with E-state index in [-0.39, 0.29) is 6.10 Å². The van der Waals surface area contributed by atoms with Crippen molar-refractivity contribution in [2.45, 2.75) is 31.4 Å². The number of nitrogens with two attached hydrogens (primary N) is 1. The summed E-state index contributed by atoms with van der Waals surface area (Å²) in [4.78, 5) is 4.39. The van der Waals surface area contributed by atoms with Crippen LogP contribution in [0.5, 0.6) is 5.75 Å². The minimum absolute atomic E-state index is 0.248. The fraction of sp³-hybridized carbons (Fsp3) is 0.357. The van der Waals surface area contributed by atoms with Gasteiger partial charge >= 0.3 is 0 Å². The summed E-state index contributed by atoms with van der Waals surface area (Å²) in [5.41, 5.74) is 6.84. The molecule has 1 aromatic heterocycles. The molecule has 0 bridgehead atoms. The van der Waals surface area contributed by atoms with E-state index < -0.39 is 0 Å². The number of rotatable bonds is 2. The Kier molecular flexibility index (Phi) is 2.69. The zero-order chi connectivity index (χ0) is 11.7. The predicted octanol–water partition coefficient (Wildman–Crippen LogP) is 2.49. The monoisotopic (exact) mass is 228 g/mol. The lowest BCUT2D eigenvalue weighted by molar-refractivity contribution is 0.210. The third-order valence-electron chi connectivity index (χ3n) is 3.31. The summed E-state index contributed by atoms with van der Waals surface area (Å²) in [6.45, 7) is 0. The van der Waals surface area contributed by atoms with E-state index in [0.717, 1.165) is 35.9 Å². The number of ether oxygens (including phenoxy) is 1. The van der Waals surface area contributed by atoms with Crippen molar-refractivity contribution in [3.63, 3.8) is 0 Å². The van der Waals surface area contributed by atoms with Gasteiger partial charge in [-0.2, -0.15) is 0 Å². The number of nitrogens with zero attached hydrogens (tertiary/aromatic N) is 1. The summed E-state index contributed by atoms with van der Waals surface area (Å²) < 4.78 is 6.02. The Morgan fingerprint density at radius 1 is 1.18 bits per heavy atom. The molecule has 2 unspecified atom stereocenters. The number of hydrogen-bond acceptors (Lipinski definition) is 3. The Labute approximate surface area is 101 Å². The highest BCUT2D eigenvalue weighted by Gasteiger charge is 2.23. The van der Waals surface area contributed by atoms with Crippen molar-refractivity contribution in [1.29, 1.82) is 0 Å². The Hall–Kier alpha value is -1.61. The van der Waals surface area contributed by atoms with E-state index in [1.54, 1.807) is 6.20 Å². The van der Waals surface area contributed by atoms with Crippen molar-refractivity contribution < 1.29 is 4.74 Å². The van der Waals surface area contributed by atoms with Gasteiger partial charge in [-0.05, 0) is 31.4 Å². The van der Waals surface area contributed by atoms with Gasteiger partial charge in [0.15, 0.2) is 0 Å². The van der Waals surface area contributed by atoms with E-state index in [9.17, 15) is 0 Å². The van der Waals surface area contributed by atoms with Gasteiger partial charge in [-0.3, -0.25) is 4.98 Å². The molecule has 1 fully saturated rings. The van der Waals surface area contributed by atoms with Gasteiger partial charge in [0, 0.05) is 17.6 Å². The lowest BCUT2D eigenvalue weighted by Gasteiger charge is -2.14. The first kappa shape index (κ1) is 10.5. The molecule has 1 heterocycles. The van der Waals surface area contributed by atoms with Crippen molar-refractivity contribution in [3.05, 3.63) is 36.5 Å². The highest BCUT2D eigenvalue weighted by molar-refractivity contribution is 5.84. The number of para-hydroxylation sites is 1. The summed E-state index contributed by atoms with van der Waals surface area (Å²) in [6, 6.07) is 10.3. The van der Waals surface area contributed by atoms with Crippen LogP contribution in [-0.2, 0) is 0 Å². The van der Waals surface area contributed by atoms with Crippen LogP contribution in [0.25, 0.3) is 10.9 Å². The molecule has 0 aliphatic heterocycles. The first-order chi connectivity index (χ1) is 8.33. The second-order valence-corrected chi connectivity index (χ2v) is 4.64. The van der Waals surface area contributed by atoms with Gasteiger partial charge in [-0.15, -0.1) is 0 Å². The SMILES string of the molecule is NC1CCC(Oc2cccc3cccnc23)C1. The number of benzene rings is 1. The van der Waals surface area contributed by atoms with Gasteiger partial charge in [0.2, 0.25) is 0 Å². The van der Waals surface area contributed by atoms with E-state index in [1.165, 1.54) is 0 Å². The molecule has 3 nitrogen and oxygen atoms in total. The van der Waals surface area contributed by atoms with Crippen molar-refractivity contribution in [1.82, 2.24) is 4.98 Å². The van der Waals surface area contributed by atoms with Crippen molar-refractivity contribution in [2.24, 2.45) is 5.73 Å². The van der Waals surface area contributed by atoms with E-state index >= 15 is 0 Å². The molecule has 2 N–H and O–H groups in total. The van der Waals surface area contributed by atoms with E-state index in [4.69, 9.17) is 10.5 Å². The Morgan fingerprint density at radius 2 is 2.06 bits per heavy atom. The lowest BCUT2D eigenvalue weighted by Crippen LogP contribution is -2.19. The molecular weight excluding hydrogens is 212 g/mol. The molecule has 3 rings (SSSR count). The minimum Gasteiger partial charge on any atom is -0.488 e. The molecule has 0 radical (unpaired) electrons. The molecule has 88 valence electrons. The quantitative estimate of drug-likeness (QED) is 0.859. The first-order valence-corrected chi connectivity index (χ1v) is 6.09. The molecule has 0 saturated heterocycles.